The smallest absolute Gasteiger partial charge is 0.234 e. The molecule has 0 aliphatic heterocycles. The van der Waals surface area contributed by atoms with Gasteiger partial charge in [0.2, 0.25) is 5.91 Å². The van der Waals surface area contributed by atoms with E-state index >= 15 is 0 Å². The van der Waals surface area contributed by atoms with E-state index in [4.69, 9.17) is 0 Å². The minimum absolute atomic E-state index is 0.0945. The molecule has 3 atom stereocenters. The van der Waals surface area contributed by atoms with Gasteiger partial charge in [-0.1, -0.05) is 36.8 Å². The molecule has 0 spiro atoms. The summed E-state index contributed by atoms with van der Waals surface area (Å²) in [4.78, 5) is 11.8. The summed E-state index contributed by atoms with van der Waals surface area (Å²) >= 11 is 0. The first kappa shape index (κ1) is 13.6. The molecule has 1 aromatic rings. The first-order chi connectivity index (χ1) is 9.81. The second kappa shape index (κ2) is 6.40. The molecule has 2 aliphatic rings. The molecule has 0 radical (unpaired) electrons. The van der Waals surface area contributed by atoms with Crippen molar-refractivity contribution >= 4 is 5.91 Å². The Morgan fingerprint density at radius 3 is 2.70 bits per heavy atom. The van der Waals surface area contributed by atoms with Gasteiger partial charge in [0.25, 0.3) is 0 Å². The minimum atomic E-state index is 0.0945. The summed E-state index contributed by atoms with van der Waals surface area (Å²) in [7, 11) is 0. The quantitative estimate of drug-likeness (QED) is 0.834. The van der Waals surface area contributed by atoms with E-state index in [2.05, 4.69) is 10.6 Å². The normalized spacial score (nSPS) is 27.7. The van der Waals surface area contributed by atoms with Crippen molar-refractivity contribution in [2.75, 3.05) is 13.1 Å². The van der Waals surface area contributed by atoms with Crippen LogP contribution < -0.4 is 10.6 Å². The van der Waals surface area contributed by atoms with Gasteiger partial charge >= 0.3 is 0 Å². The Hall–Kier alpha value is -1.35. The van der Waals surface area contributed by atoms with Gasteiger partial charge in [0.05, 0.1) is 6.54 Å². The first-order valence-electron chi connectivity index (χ1n) is 7.82. The van der Waals surface area contributed by atoms with Gasteiger partial charge in [-0.2, -0.15) is 0 Å². The van der Waals surface area contributed by atoms with Crippen LogP contribution in [0.5, 0.6) is 0 Å². The zero-order valence-corrected chi connectivity index (χ0v) is 12.0. The van der Waals surface area contributed by atoms with E-state index in [0.717, 1.165) is 29.9 Å². The van der Waals surface area contributed by atoms with Gasteiger partial charge in [-0.3, -0.25) is 4.79 Å². The summed E-state index contributed by atoms with van der Waals surface area (Å²) in [6.45, 7) is 2.08. The Kier molecular flexibility index (Phi) is 4.36. The minimum Gasteiger partial charge on any atom is -0.351 e. The van der Waals surface area contributed by atoms with E-state index in [0.29, 0.717) is 13.1 Å². The van der Waals surface area contributed by atoms with Crippen LogP contribution in [0.4, 0.5) is 0 Å². The molecule has 2 aliphatic carbocycles. The van der Waals surface area contributed by atoms with Gasteiger partial charge in [0, 0.05) is 6.54 Å². The highest BCUT2D eigenvalue weighted by atomic mass is 16.1. The van der Waals surface area contributed by atoms with E-state index in [1.54, 1.807) is 0 Å². The van der Waals surface area contributed by atoms with Crippen molar-refractivity contribution in [2.24, 2.45) is 17.8 Å². The summed E-state index contributed by atoms with van der Waals surface area (Å²) < 4.78 is 0. The number of nitrogens with one attached hydrogen (secondary N) is 2. The lowest BCUT2D eigenvalue weighted by atomic mass is 9.89. The lowest BCUT2D eigenvalue weighted by Gasteiger charge is -2.21. The third-order valence-electron chi connectivity index (χ3n) is 4.91. The monoisotopic (exact) mass is 272 g/mol. The maximum Gasteiger partial charge on any atom is 0.234 e. The van der Waals surface area contributed by atoms with Crippen LogP contribution >= 0.6 is 0 Å². The summed E-state index contributed by atoms with van der Waals surface area (Å²) in [6.07, 6.45) is 5.67. The lowest BCUT2D eigenvalue weighted by Crippen LogP contribution is -2.36. The van der Waals surface area contributed by atoms with Crippen molar-refractivity contribution in [3.8, 4) is 0 Å². The van der Waals surface area contributed by atoms with Gasteiger partial charge < -0.3 is 10.6 Å². The molecular weight excluding hydrogens is 248 g/mol. The Morgan fingerprint density at radius 1 is 1.15 bits per heavy atom. The van der Waals surface area contributed by atoms with Crippen LogP contribution in [0.2, 0.25) is 0 Å². The van der Waals surface area contributed by atoms with E-state index < -0.39 is 0 Å². The Balaban J connectivity index is 1.31. The molecule has 2 saturated carbocycles. The molecule has 0 aromatic heterocycles. The average molecular weight is 272 g/mol. The molecule has 2 bridgehead atoms. The summed E-state index contributed by atoms with van der Waals surface area (Å²) in [5.74, 6) is 2.83. The molecular formula is C17H24N2O. The maximum atomic E-state index is 11.8. The average Bonchev–Trinajstić information content (AvgIpc) is 3.09. The predicted octanol–water partition coefficient (Wildman–Crippen LogP) is 2.33. The number of rotatable bonds is 6. The molecule has 2 fully saturated rings. The number of carbonyl (C=O) groups is 1. The van der Waals surface area contributed by atoms with Crippen LogP contribution in [-0.4, -0.2) is 19.0 Å². The molecule has 3 nitrogen and oxygen atoms in total. The second-order valence-corrected chi connectivity index (χ2v) is 6.33. The maximum absolute atomic E-state index is 11.8. The summed E-state index contributed by atoms with van der Waals surface area (Å²) in [6, 6.07) is 10.0. The van der Waals surface area contributed by atoms with E-state index in [1.807, 2.05) is 30.3 Å². The molecule has 108 valence electrons. The van der Waals surface area contributed by atoms with Gasteiger partial charge in [-0.05, 0) is 49.1 Å². The third kappa shape index (κ3) is 3.40. The molecule has 1 amide bonds. The van der Waals surface area contributed by atoms with Gasteiger partial charge in [0.15, 0.2) is 0 Å². The highest BCUT2D eigenvalue weighted by Gasteiger charge is 2.38. The molecule has 1 aromatic carbocycles. The Bertz CT molecular complexity index is 446. The van der Waals surface area contributed by atoms with Gasteiger partial charge in [0.1, 0.15) is 0 Å². The largest absolute Gasteiger partial charge is 0.351 e. The van der Waals surface area contributed by atoms with E-state index in [9.17, 15) is 4.79 Å². The van der Waals surface area contributed by atoms with Crippen LogP contribution in [0.1, 0.15) is 31.2 Å². The SMILES string of the molecule is O=C(CNCC1CC2CCC1C2)NCc1ccccc1. The van der Waals surface area contributed by atoms with Crippen molar-refractivity contribution in [2.45, 2.75) is 32.2 Å². The molecule has 2 N–H and O–H groups in total. The Labute approximate surface area is 121 Å². The van der Waals surface area contributed by atoms with Crippen molar-refractivity contribution in [3.05, 3.63) is 35.9 Å². The molecule has 20 heavy (non-hydrogen) atoms. The van der Waals surface area contributed by atoms with Gasteiger partial charge in [-0.15, -0.1) is 0 Å². The van der Waals surface area contributed by atoms with Crippen LogP contribution in [0.25, 0.3) is 0 Å². The van der Waals surface area contributed by atoms with Gasteiger partial charge in [-0.25, -0.2) is 0 Å². The Morgan fingerprint density at radius 2 is 2.00 bits per heavy atom. The fourth-order valence-corrected chi connectivity index (χ4v) is 3.86. The van der Waals surface area contributed by atoms with Crippen LogP contribution in [0.15, 0.2) is 30.3 Å². The number of hydrogen-bond donors (Lipinski definition) is 2. The molecule has 0 saturated heterocycles. The molecule has 0 heterocycles. The fraction of sp³-hybridized carbons (Fsp3) is 0.588. The van der Waals surface area contributed by atoms with Crippen LogP contribution in [0.3, 0.4) is 0 Å². The van der Waals surface area contributed by atoms with E-state index in [1.165, 1.54) is 25.7 Å². The van der Waals surface area contributed by atoms with Crippen molar-refractivity contribution in [1.82, 2.24) is 10.6 Å². The number of benzene rings is 1. The second-order valence-electron chi connectivity index (χ2n) is 6.33. The number of carbonyl (C=O) groups excluding carboxylic acids is 1. The van der Waals surface area contributed by atoms with Crippen molar-refractivity contribution < 1.29 is 4.79 Å². The predicted molar refractivity (Wildman–Crippen MR) is 80.1 cm³/mol. The molecule has 3 unspecified atom stereocenters. The van der Waals surface area contributed by atoms with Crippen LogP contribution in [-0.2, 0) is 11.3 Å². The zero-order valence-electron chi connectivity index (χ0n) is 12.0. The topological polar surface area (TPSA) is 41.1 Å². The van der Waals surface area contributed by atoms with Crippen molar-refractivity contribution in [1.29, 1.82) is 0 Å². The third-order valence-corrected chi connectivity index (χ3v) is 4.91. The summed E-state index contributed by atoms with van der Waals surface area (Å²) in [5, 5.41) is 6.29. The first-order valence-corrected chi connectivity index (χ1v) is 7.82. The fourth-order valence-electron chi connectivity index (χ4n) is 3.86. The number of fused-ring (bicyclic) bond motifs is 2. The number of hydrogen-bond acceptors (Lipinski definition) is 2. The summed E-state index contributed by atoms with van der Waals surface area (Å²) in [5.41, 5.74) is 1.15. The lowest BCUT2D eigenvalue weighted by molar-refractivity contribution is -0.120. The number of amides is 1. The van der Waals surface area contributed by atoms with Crippen LogP contribution in [0, 0.1) is 17.8 Å². The zero-order chi connectivity index (χ0) is 13.8. The molecule has 3 heteroatoms. The highest BCUT2D eigenvalue weighted by Crippen LogP contribution is 2.47. The van der Waals surface area contributed by atoms with Crippen molar-refractivity contribution in [3.63, 3.8) is 0 Å². The molecule has 3 rings (SSSR count). The van der Waals surface area contributed by atoms with E-state index in [-0.39, 0.29) is 5.91 Å². The standard InChI is InChI=1S/C17H24N2O/c20-17(19-10-13-4-2-1-3-5-13)12-18-11-16-9-14-6-7-15(16)8-14/h1-5,14-16,18H,6-12H2,(H,19,20). The highest BCUT2D eigenvalue weighted by molar-refractivity contribution is 5.77.